The second-order valence-electron chi connectivity index (χ2n) is 4.74. The average Bonchev–Trinajstić information content (AvgIpc) is 2.86. The number of H-pyrrole nitrogens is 1. The van der Waals surface area contributed by atoms with E-state index in [9.17, 15) is 8.42 Å². The minimum absolute atomic E-state index is 0.0311. The smallest absolute Gasteiger partial charge is 0.175 e. The second kappa shape index (κ2) is 4.47. The summed E-state index contributed by atoms with van der Waals surface area (Å²) < 4.78 is 22.9. The highest BCUT2D eigenvalue weighted by Crippen LogP contribution is 2.26. The fraction of sp³-hybridized carbons (Fsp3) is 0.308. The molecule has 19 heavy (non-hydrogen) atoms. The van der Waals surface area contributed by atoms with Gasteiger partial charge in [-0.3, -0.25) is 0 Å². The van der Waals surface area contributed by atoms with Crippen molar-refractivity contribution in [2.45, 2.75) is 17.4 Å². The van der Waals surface area contributed by atoms with E-state index in [1.807, 2.05) is 12.1 Å². The first kappa shape index (κ1) is 12.4. The van der Waals surface area contributed by atoms with Gasteiger partial charge >= 0.3 is 0 Å². The lowest BCUT2D eigenvalue weighted by Crippen LogP contribution is -2.30. The van der Waals surface area contributed by atoms with E-state index >= 15 is 0 Å². The number of aromatic amines is 1. The highest BCUT2D eigenvalue weighted by atomic mass is 32.2. The van der Waals surface area contributed by atoms with Crippen molar-refractivity contribution in [3.63, 3.8) is 0 Å². The zero-order valence-electron chi connectivity index (χ0n) is 10.6. The monoisotopic (exact) mass is 277 g/mol. The quantitative estimate of drug-likeness (QED) is 0.860. The van der Waals surface area contributed by atoms with Gasteiger partial charge in [0.15, 0.2) is 9.84 Å². The van der Waals surface area contributed by atoms with Gasteiger partial charge in [0.1, 0.15) is 0 Å². The highest BCUT2D eigenvalue weighted by Gasteiger charge is 2.23. The van der Waals surface area contributed by atoms with Crippen LogP contribution >= 0.6 is 0 Å². The summed E-state index contributed by atoms with van der Waals surface area (Å²) in [5.74, 6) is 0. The van der Waals surface area contributed by atoms with E-state index in [2.05, 4.69) is 15.3 Å². The first-order valence-corrected chi connectivity index (χ1v) is 8.00. The molecule has 3 rings (SSSR count). The molecule has 2 aromatic rings. The number of nitrogens with zero attached hydrogens (tertiary/aromatic N) is 1. The standard InChI is InChI=1S/C13H15N3O2S/c1-19(17,18)10-4-2-9(3-5-10)12-13-11(6-7-14-12)15-8-16-13/h2-5,8,12,14H,6-7H2,1H3,(H,15,16)/t12-/m0/s1. The van der Waals surface area contributed by atoms with Crippen molar-refractivity contribution in [1.29, 1.82) is 0 Å². The Morgan fingerprint density at radius 3 is 2.68 bits per heavy atom. The van der Waals surface area contributed by atoms with Gasteiger partial charge in [-0.2, -0.15) is 0 Å². The van der Waals surface area contributed by atoms with Gasteiger partial charge in [0, 0.05) is 24.9 Å². The zero-order chi connectivity index (χ0) is 13.5. The molecule has 5 nitrogen and oxygen atoms in total. The SMILES string of the molecule is CS(=O)(=O)c1ccc([C@@H]2NCCc3[nH]cnc32)cc1. The van der Waals surface area contributed by atoms with Crippen molar-refractivity contribution in [3.05, 3.63) is 47.5 Å². The van der Waals surface area contributed by atoms with E-state index in [0.717, 1.165) is 29.9 Å². The lowest BCUT2D eigenvalue weighted by Gasteiger charge is -2.23. The fourth-order valence-corrected chi connectivity index (χ4v) is 3.03. The molecule has 2 heterocycles. The highest BCUT2D eigenvalue weighted by molar-refractivity contribution is 7.90. The Morgan fingerprint density at radius 1 is 1.26 bits per heavy atom. The third-order valence-corrected chi connectivity index (χ3v) is 4.52. The number of imidazole rings is 1. The summed E-state index contributed by atoms with van der Waals surface area (Å²) in [6.07, 6.45) is 3.86. The van der Waals surface area contributed by atoms with Gasteiger partial charge in [0.25, 0.3) is 0 Å². The molecule has 1 atom stereocenters. The molecule has 100 valence electrons. The molecule has 1 aromatic carbocycles. The van der Waals surface area contributed by atoms with Crippen LogP contribution in [0.25, 0.3) is 0 Å². The summed E-state index contributed by atoms with van der Waals surface area (Å²) in [5, 5.41) is 3.40. The van der Waals surface area contributed by atoms with Crippen LogP contribution in [0, 0.1) is 0 Å². The third kappa shape index (κ3) is 2.29. The summed E-state index contributed by atoms with van der Waals surface area (Å²) in [5.41, 5.74) is 3.18. The maximum atomic E-state index is 11.4. The molecular weight excluding hydrogens is 262 g/mol. The van der Waals surface area contributed by atoms with Crippen LogP contribution in [0.15, 0.2) is 35.5 Å². The number of sulfone groups is 1. The molecule has 0 aliphatic carbocycles. The Kier molecular flexibility index (Phi) is 2.91. The van der Waals surface area contributed by atoms with Crippen LogP contribution in [0.4, 0.5) is 0 Å². The van der Waals surface area contributed by atoms with Crippen LogP contribution in [-0.4, -0.2) is 31.2 Å². The minimum Gasteiger partial charge on any atom is -0.348 e. The molecule has 0 saturated heterocycles. The van der Waals surface area contributed by atoms with E-state index in [0.29, 0.717) is 4.90 Å². The molecular formula is C13H15N3O2S. The lowest BCUT2D eigenvalue weighted by atomic mass is 9.98. The largest absolute Gasteiger partial charge is 0.348 e. The number of rotatable bonds is 2. The normalized spacial score (nSPS) is 19.1. The molecule has 1 aliphatic heterocycles. The van der Waals surface area contributed by atoms with Crippen molar-refractivity contribution in [1.82, 2.24) is 15.3 Å². The predicted octanol–water partition coefficient (Wildman–Crippen LogP) is 1.05. The Balaban J connectivity index is 1.97. The summed E-state index contributed by atoms with van der Waals surface area (Å²) in [4.78, 5) is 7.84. The van der Waals surface area contributed by atoms with Crippen molar-refractivity contribution in [2.24, 2.45) is 0 Å². The van der Waals surface area contributed by atoms with Crippen molar-refractivity contribution < 1.29 is 8.42 Å². The number of benzene rings is 1. The van der Waals surface area contributed by atoms with Crippen molar-refractivity contribution in [2.75, 3.05) is 12.8 Å². The van der Waals surface area contributed by atoms with E-state index < -0.39 is 9.84 Å². The summed E-state index contributed by atoms with van der Waals surface area (Å²) in [6, 6.07) is 7.01. The molecule has 0 fully saturated rings. The Morgan fingerprint density at radius 2 is 2.00 bits per heavy atom. The first-order chi connectivity index (χ1) is 9.05. The van der Waals surface area contributed by atoms with Gasteiger partial charge in [-0.1, -0.05) is 12.1 Å². The Labute approximate surface area is 112 Å². The summed E-state index contributed by atoms with van der Waals surface area (Å²) >= 11 is 0. The topological polar surface area (TPSA) is 74.8 Å². The van der Waals surface area contributed by atoms with Gasteiger partial charge in [-0.25, -0.2) is 13.4 Å². The summed E-state index contributed by atoms with van der Waals surface area (Å²) in [6.45, 7) is 0.883. The zero-order valence-corrected chi connectivity index (χ0v) is 11.4. The first-order valence-electron chi connectivity index (χ1n) is 6.11. The minimum atomic E-state index is -3.14. The molecule has 1 aliphatic rings. The molecule has 0 saturated carbocycles. The van der Waals surface area contributed by atoms with Crippen LogP contribution in [0.5, 0.6) is 0 Å². The number of hydrogen-bond donors (Lipinski definition) is 2. The fourth-order valence-electron chi connectivity index (χ4n) is 2.40. The maximum absolute atomic E-state index is 11.4. The van der Waals surface area contributed by atoms with Crippen molar-refractivity contribution in [3.8, 4) is 0 Å². The Bertz CT molecular complexity index is 689. The van der Waals surface area contributed by atoms with Gasteiger partial charge in [-0.05, 0) is 17.7 Å². The predicted molar refractivity (Wildman–Crippen MR) is 71.7 cm³/mol. The van der Waals surface area contributed by atoms with E-state index in [4.69, 9.17) is 0 Å². The third-order valence-electron chi connectivity index (χ3n) is 3.39. The van der Waals surface area contributed by atoms with Crippen LogP contribution in [0.3, 0.4) is 0 Å². The molecule has 1 aromatic heterocycles. The van der Waals surface area contributed by atoms with E-state index in [1.165, 1.54) is 6.26 Å². The summed E-state index contributed by atoms with van der Waals surface area (Å²) in [7, 11) is -3.14. The maximum Gasteiger partial charge on any atom is 0.175 e. The molecule has 0 spiro atoms. The van der Waals surface area contributed by atoms with Crippen molar-refractivity contribution >= 4 is 9.84 Å². The van der Waals surface area contributed by atoms with Crippen LogP contribution in [0.1, 0.15) is 23.0 Å². The lowest BCUT2D eigenvalue weighted by molar-refractivity contribution is 0.553. The number of hydrogen-bond acceptors (Lipinski definition) is 4. The van der Waals surface area contributed by atoms with Crippen LogP contribution in [0.2, 0.25) is 0 Å². The van der Waals surface area contributed by atoms with Crippen LogP contribution < -0.4 is 5.32 Å². The Hall–Kier alpha value is -1.66. The van der Waals surface area contributed by atoms with Gasteiger partial charge in [0.2, 0.25) is 0 Å². The molecule has 0 amide bonds. The average molecular weight is 277 g/mol. The molecule has 0 radical (unpaired) electrons. The second-order valence-corrected chi connectivity index (χ2v) is 6.76. The molecule has 0 bridgehead atoms. The number of fused-ring (bicyclic) bond motifs is 1. The van der Waals surface area contributed by atoms with E-state index in [-0.39, 0.29) is 6.04 Å². The van der Waals surface area contributed by atoms with Crippen LogP contribution in [-0.2, 0) is 16.3 Å². The molecule has 6 heteroatoms. The molecule has 0 unspecified atom stereocenters. The number of nitrogens with one attached hydrogen (secondary N) is 2. The van der Waals surface area contributed by atoms with E-state index in [1.54, 1.807) is 18.5 Å². The molecule has 2 N–H and O–H groups in total. The van der Waals surface area contributed by atoms with Gasteiger partial charge < -0.3 is 10.3 Å². The number of aromatic nitrogens is 2. The van der Waals surface area contributed by atoms with Gasteiger partial charge in [-0.15, -0.1) is 0 Å². The van der Waals surface area contributed by atoms with Gasteiger partial charge in [0.05, 0.1) is 23.0 Å².